The van der Waals surface area contributed by atoms with E-state index < -0.39 is 0 Å². The number of hydrogen-bond donors (Lipinski definition) is 0. The average molecular weight is 349 g/mol. The molecule has 0 spiro atoms. The molecule has 1 aromatic heterocycles. The van der Waals surface area contributed by atoms with Gasteiger partial charge in [0.1, 0.15) is 5.75 Å². The van der Waals surface area contributed by atoms with Crippen molar-refractivity contribution in [3.63, 3.8) is 0 Å². The highest BCUT2D eigenvalue weighted by molar-refractivity contribution is 6.04. The number of nitrogens with zero attached hydrogens (tertiary/aromatic N) is 1. The molecule has 3 aromatic rings. The average Bonchev–Trinajstić information content (AvgIpc) is 3.01. The highest BCUT2D eigenvalue weighted by Gasteiger charge is 2.24. The van der Waals surface area contributed by atoms with Gasteiger partial charge in [-0.25, -0.2) is 4.79 Å². The van der Waals surface area contributed by atoms with Crippen molar-refractivity contribution in [2.24, 2.45) is 0 Å². The number of methoxy groups -OCH3 is 2. The third-order valence-electron chi connectivity index (χ3n) is 5.28. The van der Waals surface area contributed by atoms with E-state index >= 15 is 0 Å². The lowest BCUT2D eigenvalue weighted by Gasteiger charge is -2.17. The molecule has 134 valence electrons. The minimum atomic E-state index is -0.280. The molecule has 4 heteroatoms. The van der Waals surface area contributed by atoms with Gasteiger partial charge in [-0.3, -0.25) is 0 Å². The molecule has 0 N–H and O–H groups in total. The van der Waals surface area contributed by atoms with Crippen molar-refractivity contribution >= 4 is 16.9 Å². The van der Waals surface area contributed by atoms with E-state index in [2.05, 4.69) is 22.8 Å². The Kier molecular flexibility index (Phi) is 4.41. The number of benzene rings is 2. The zero-order valence-corrected chi connectivity index (χ0v) is 15.2. The number of aryl methyl sites for hydroxylation is 1. The second-order valence-corrected chi connectivity index (χ2v) is 6.76. The molecule has 1 heterocycles. The minimum Gasteiger partial charge on any atom is -0.497 e. The SMILES string of the molecule is COC(=O)c1cccc2c3c(n(Cc4cccc(OC)c4)c12)CCCC3. The first-order valence-corrected chi connectivity index (χ1v) is 9.07. The van der Waals surface area contributed by atoms with Gasteiger partial charge in [0.05, 0.1) is 25.3 Å². The number of fused-ring (bicyclic) bond motifs is 3. The molecule has 26 heavy (non-hydrogen) atoms. The van der Waals surface area contributed by atoms with Gasteiger partial charge in [0.2, 0.25) is 0 Å². The van der Waals surface area contributed by atoms with Gasteiger partial charge in [0, 0.05) is 17.6 Å². The van der Waals surface area contributed by atoms with Gasteiger partial charge in [0.15, 0.2) is 0 Å². The van der Waals surface area contributed by atoms with E-state index in [1.165, 1.54) is 36.6 Å². The summed E-state index contributed by atoms with van der Waals surface area (Å²) < 4.78 is 12.7. The van der Waals surface area contributed by atoms with E-state index in [-0.39, 0.29) is 5.97 Å². The summed E-state index contributed by atoms with van der Waals surface area (Å²) in [5, 5.41) is 1.19. The van der Waals surface area contributed by atoms with E-state index in [0.717, 1.165) is 36.2 Å². The van der Waals surface area contributed by atoms with Crippen LogP contribution in [0.1, 0.15) is 40.0 Å². The summed E-state index contributed by atoms with van der Waals surface area (Å²) in [7, 11) is 3.12. The fourth-order valence-corrected chi connectivity index (χ4v) is 4.09. The summed E-state index contributed by atoms with van der Waals surface area (Å²) >= 11 is 0. The Morgan fingerprint density at radius 3 is 2.69 bits per heavy atom. The molecule has 2 aromatic carbocycles. The van der Waals surface area contributed by atoms with Crippen LogP contribution < -0.4 is 4.74 Å². The third kappa shape index (κ3) is 2.75. The lowest BCUT2D eigenvalue weighted by Crippen LogP contribution is -2.11. The van der Waals surface area contributed by atoms with E-state index in [9.17, 15) is 4.79 Å². The van der Waals surface area contributed by atoms with E-state index in [0.29, 0.717) is 5.56 Å². The van der Waals surface area contributed by atoms with Crippen molar-refractivity contribution < 1.29 is 14.3 Å². The van der Waals surface area contributed by atoms with Crippen LogP contribution in [0, 0.1) is 0 Å². The fraction of sp³-hybridized carbons (Fsp3) is 0.318. The number of esters is 1. The number of carbonyl (C=O) groups is 1. The predicted molar refractivity (Wildman–Crippen MR) is 102 cm³/mol. The van der Waals surface area contributed by atoms with Crippen LogP contribution in [0.2, 0.25) is 0 Å². The van der Waals surface area contributed by atoms with Crippen LogP contribution in [0.25, 0.3) is 10.9 Å². The first kappa shape index (κ1) is 16.7. The number of rotatable bonds is 4. The topological polar surface area (TPSA) is 40.5 Å². The molecule has 0 aliphatic heterocycles. The van der Waals surface area contributed by atoms with Gasteiger partial charge in [-0.1, -0.05) is 24.3 Å². The highest BCUT2D eigenvalue weighted by Crippen LogP contribution is 2.35. The fourth-order valence-electron chi connectivity index (χ4n) is 4.09. The summed E-state index contributed by atoms with van der Waals surface area (Å²) in [4.78, 5) is 12.4. The Morgan fingerprint density at radius 2 is 1.88 bits per heavy atom. The van der Waals surface area contributed by atoms with E-state index in [4.69, 9.17) is 9.47 Å². The van der Waals surface area contributed by atoms with Crippen LogP contribution in [0.15, 0.2) is 42.5 Å². The number of para-hydroxylation sites is 1. The number of ether oxygens (including phenoxy) is 2. The van der Waals surface area contributed by atoms with Gasteiger partial charge >= 0.3 is 5.97 Å². The highest BCUT2D eigenvalue weighted by atomic mass is 16.5. The molecule has 0 amide bonds. The molecule has 4 rings (SSSR count). The number of aromatic nitrogens is 1. The smallest absolute Gasteiger partial charge is 0.340 e. The molecule has 0 fully saturated rings. The maximum atomic E-state index is 12.4. The standard InChI is InChI=1S/C22H23NO3/c1-25-16-8-5-7-15(13-16)14-23-20-12-4-3-9-17(20)18-10-6-11-19(21(18)23)22(24)26-2/h5-8,10-11,13H,3-4,9,12,14H2,1-2H3. The summed E-state index contributed by atoms with van der Waals surface area (Å²) in [5.41, 5.74) is 5.54. The van der Waals surface area contributed by atoms with Gasteiger partial charge < -0.3 is 14.0 Å². The molecule has 0 bridgehead atoms. The summed E-state index contributed by atoms with van der Waals surface area (Å²) in [6, 6.07) is 14.1. The Balaban J connectivity index is 1.93. The van der Waals surface area contributed by atoms with Crippen LogP contribution in [-0.4, -0.2) is 24.8 Å². The van der Waals surface area contributed by atoms with Crippen LogP contribution in [0.4, 0.5) is 0 Å². The Labute approximate surface area is 153 Å². The lowest BCUT2D eigenvalue weighted by molar-refractivity contribution is 0.0602. The number of carbonyl (C=O) groups excluding carboxylic acids is 1. The first-order chi connectivity index (χ1) is 12.7. The normalized spacial score (nSPS) is 13.5. The van der Waals surface area contributed by atoms with Crippen LogP contribution in [-0.2, 0) is 24.1 Å². The van der Waals surface area contributed by atoms with Crippen LogP contribution in [0.3, 0.4) is 0 Å². The maximum Gasteiger partial charge on any atom is 0.340 e. The Bertz CT molecular complexity index is 971. The van der Waals surface area contributed by atoms with Gasteiger partial charge in [-0.05, 0) is 55.0 Å². The molecule has 0 saturated heterocycles. The molecule has 0 saturated carbocycles. The molecule has 1 aliphatic rings. The molecular formula is C22H23NO3. The second-order valence-electron chi connectivity index (χ2n) is 6.76. The Morgan fingerprint density at radius 1 is 1.08 bits per heavy atom. The van der Waals surface area contributed by atoms with Crippen LogP contribution >= 0.6 is 0 Å². The van der Waals surface area contributed by atoms with Gasteiger partial charge in [-0.15, -0.1) is 0 Å². The minimum absolute atomic E-state index is 0.280. The second kappa shape index (κ2) is 6.87. The molecule has 0 unspecified atom stereocenters. The first-order valence-electron chi connectivity index (χ1n) is 9.07. The summed E-state index contributed by atoms with van der Waals surface area (Å²) in [5.74, 6) is 0.568. The van der Waals surface area contributed by atoms with Crippen molar-refractivity contribution in [3.05, 3.63) is 64.8 Å². The zero-order valence-electron chi connectivity index (χ0n) is 15.2. The third-order valence-corrected chi connectivity index (χ3v) is 5.28. The summed E-state index contributed by atoms with van der Waals surface area (Å²) in [6.07, 6.45) is 4.51. The van der Waals surface area contributed by atoms with Gasteiger partial charge in [0.25, 0.3) is 0 Å². The van der Waals surface area contributed by atoms with Crippen molar-refractivity contribution in [2.75, 3.05) is 14.2 Å². The van der Waals surface area contributed by atoms with Crippen LogP contribution in [0.5, 0.6) is 5.75 Å². The lowest BCUT2D eigenvalue weighted by atomic mass is 9.95. The quantitative estimate of drug-likeness (QED) is 0.657. The van der Waals surface area contributed by atoms with Crippen molar-refractivity contribution in [3.8, 4) is 5.75 Å². The molecule has 4 nitrogen and oxygen atoms in total. The molecular weight excluding hydrogens is 326 g/mol. The molecule has 0 radical (unpaired) electrons. The Hall–Kier alpha value is -2.75. The summed E-state index contributed by atoms with van der Waals surface area (Å²) in [6.45, 7) is 0.719. The van der Waals surface area contributed by atoms with Crippen molar-refractivity contribution in [1.29, 1.82) is 0 Å². The van der Waals surface area contributed by atoms with E-state index in [1.54, 1.807) is 7.11 Å². The predicted octanol–water partition coefficient (Wildman–Crippen LogP) is 4.36. The van der Waals surface area contributed by atoms with Crippen molar-refractivity contribution in [1.82, 2.24) is 4.57 Å². The molecule has 0 atom stereocenters. The van der Waals surface area contributed by atoms with Crippen molar-refractivity contribution in [2.45, 2.75) is 32.2 Å². The monoisotopic (exact) mass is 349 g/mol. The maximum absolute atomic E-state index is 12.4. The largest absolute Gasteiger partial charge is 0.497 e. The van der Waals surface area contributed by atoms with Gasteiger partial charge in [-0.2, -0.15) is 0 Å². The van der Waals surface area contributed by atoms with E-state index in [1.807, 2.05) is 24.3 Å². The number of hydrogen-bond acceptors (Lipinski definition) is 3. The molecule has 1 aliphatic carbocycles. The zero-order chi connectivity index (χ0) is 18.1.